The number of nitrogens with zero attached hydrogens (tertiary/aromatic N) is 4. The molecule has 4 atom stereocenters. The average Bonchev–Trinajstić information content (AvgIpc) is 2.99. The predicted molar refractivity (Wildman–Crippen MR) is 69.1 cm³/mol. The van der Waals surface area contributed by atoms with Crippen LogP contribution in [-0.4, -0.2) is 54.3 Å². The standard InChI is InChI=1S/C11H14FN5O4/c1-16-9(20)6-8(15-11(16)13)17(3-14-6)10-5(12)7(19)4(2-18)21-10/h3-5,7,10,18-19H,2H2,1H3,(H2,13,15)/t4-,5-,7-,10-/m1/s1. The van der Waals surface area contributed by atoms with Crippen molar-refractivity contribution in [2.45, 2.75) is 24.6 Å². The molecule has 1 aliphatic heterocycles. The zero-order valence-corrected chi connectivity index (χ0v) is 11.0. The van der Waals surface area contributed by atoms with Gasteiger partial charge >= 0.3 is 0 Å². The number of anilines is 1. The summed E-state index contributed by atoms with van der Waals surface area (Å²) in [5.41, 5.74) is 5.23. The lowest BCUT2D eigenvalue weighted by atomic mass is 10.1. The fourth-order valence-corrected chi connectivity index (χ4v) is 2.33. The highest BCUT2D eigenvalue weighted by atomic mass is 19.1. The summed E-state index contributed by atoms with van der Waals surface area (Å²) in [6, 6.07) is 0. The van der Waals surface area contributed by atoms with Gasteiger partial charge in [-0.2, -0.15) is 4.98 Å². The molecule has 21 heavy (non-hydrogen) atoms. The molecule has 0 amide bonds. The summed E-state index contributed by atoms with van der Waals surface area (Å²) in [5.74, 6) is -0.0538. The van der Waals surface area contributed by atoms with E-state index in [1.165, 1.54) is 17.9 Å². The lowest BCUT2D eigenvalue weighted by Crippen LogP contribution is -2.30. The van der Waals surface area contributed by atoms with E-state index < -0.39 is 36.8 Å². The highest BCUT2D eigenvalue weighted by molar-refractivity contribution is 5.71. The number of aliphatic hydroxyl groups excluding tert-OH is 2. The van der Waals surface area contributed by atoms with E-state index in [2.05, 4.69) is 9.97 Å². The fraction of sp³-hybridized carbons (Fsp3) is 0.545. The van der Waals surface area contributed by atoms with Crippen molar-refractivity contribution in [3.05, 3.63) is 16.7 Å². The molecule has 0 saturated carbocycles. The van der Waals surface area contributed by atoms with Gasteiger partial charge in [0.15, 0.2) is 23.6 Å². The van der Waals surface area contributed by atoms with E-state index in [4.69, 9.17) is 15.6 Å². The monoisotopic (exact) mass is 299 g/mol. The summed E-state index contributed by atoms with van der Waals surface area (Å²) in [7, 11) is 1.44. The van der Waals surface area contributed by atoms with Gasteiger partial charge in [0.2, 0.25) is 5.95 Å². The SMILES string of the molecule is Cn1c(N)nc2c(ncn2[C@@H]2O[C@H](CO)[C@@H](O)[C@H]2F)c1=O. The molecule has 114 valence electrons. The minimum atomic E-state index is -1.79. The van der Waals surface area contributed by atoms with Crippen molar-refractivity contribution in [2.75, 3.05) is 12.3 Å². The Morgan fingerprint density at radius 3 is 2.90 bits per heavy atom. The number of imidazole rings is 1. The number of fused-ring (bicyclic) bond motifs is 1. The van der Waals surface area contributed by atoms with Crippen LogP contribution in [0, 0.1) is 0 Å². The van der Waals surface area contributed by atoms with Gasteiger partial charge in [-0.25, -0.2) is 9.37 Å². The van der Waals surface area contributed by atoms with Crippen LogP contribution in [0.2, 0.25) is 0 Å². The molecule has 2 aromatic heterocycles. The molecule has 3 heterocycles. The number of halogens is 1. The van der Waals surface area contributed by atoms with Crippen molar-refractivity contribution in [1.82, 2.24) is 19.1 Å². The number of nitrogens with two attached hydrogens (primary N) is 1. The predicted octanol–water partition coefficient (Wildman–Crippen LogP) is -1.70. The van der Waals surface area contributed by atoms with E-state index in [0.717, 1.165) is 4.57 Å². The van der Waals surface area contributed by atoms with Crippen molar-refractivity contribution in [2.24, 2.45) is 7.05 Å². The number of alkyl halides is 1. The van der Waals surface area contributed by atoms with E-state index in [9.17, 15) is 14.3 Å². The zero-order valence-electron chi connectivity index (χ0n) is 11.0. The first-order valence-electron chi connectivity index (χ1n) is 6.23. The molecule has 1 fully saturated rings. The van der Waals surface area contributed by atoms with Crippen LogP contribution in [0.5, 0.6) is 0 Å². The summed E-state index contributed by atoms with van der Waals surface area (Å²) in [5, 5.41) is 18.7. The van der Waals surface area contributed by atoms with Crippen molar-refractivity contribution < 1.29 is 19.3 Å². The van der Waals surface area contributed by atoms with Crippen LogP contribution in [0.4, 0.5) is 10.3 Å². The maximum absolute atomic E-state index is 14.1. The van der Waals surface area contributed by atoms with Crippen molar-refractivity contribution in [3.63, 3.8) is 0 Å². The first-order chi connectivity index (χ1) is 9.95. The number of nitrogen functional groups attached to an aromatic ring is 1. The van der Waals surface area contributed by atoms with E-state index in [1.54, 1.807) is 0 Å². The van der Waals surface area contributed by atoms with E-state index >= 15 is 0 Å². The summed E-state index contributed by atoms with van der Waals surface area (Å²) in [6.07, 6.45) is -4.34. The van der Waals surface area contributed by atoms with Gasteiger partial charge in [-0.3, -0.25) is 13.9 Å². The third kappa shape index (κ3) is 1.91. The van der Waals surface area contributed by atoms with Gasteiger partial charge in [-0.15, -0.1) is 0 Å². The Morgan fingerprint density at radius 1 is 1.57 bits per heavy atom. The number of aromatic nitrogens is 4. The van der Waals surface area contributed by atoms with E-state index in [0.29, 0.717) is 0 Å². The van der Waals surface area contributed by atoms with Crippen LogP contribution in [0.1, 0.15) is 6.23 Å². The lowest BCUT2D eigenvalue weighted by molar-refractivity contribution is -0.0459. The fourth-order valence-electron chi connectivity index (χ4n) is 2.33. The number of ether oxygens (including phenoxy) is 1. The summed E-state index contributed by atoms with van der Waals surface area (Å²) in [4.78, 5) is 19.9. The molecule has 0 bridgehead atoms. The van der Waals surface area contributed by atoms with Crippen LogP contribution in [-0.2, 0) is 11.8 Å². The molecule has 0 radical (unpaired) electrons. The second-order valence-corrected chi connectivity index (χ2v) is 4.84. The second-order valence-electron chi connectivity index (χ2n) is 4.84. The van der Waals surface area contributed by atoms with E-state index in [-0.39, 0.29) is 17.1 Å². The summed E-state index contributed by atoms with van der Waals surface area (Å²) in [6.45, 7) is -0.526. The Morgan fingerprint density at radius 2 is 2.29 bits per heavy atom. The Hall–Kier alpha value is -2.04. The van der Waals surface area contributed by atoms with Crippen LogP contribution in [0.25, 0.3) is 11.2 Å². The van der Waals surface area contributed by atoms with Gasteiger partial charge in [-0.05, 0) is 0 Å². The third-order valence-corrected chi connectivity index (χ3v) is 3.59. The molecule has 10 heteroatoms. The Kier molecular flexibility index (Phi) is 3.15. The van der Waals surface area contributed by atoms with E-state index in [1.807, 2.05) is 0 Å². The smallest absolute Gasteiger partial charge is 0.282 e. The largest absolute Gasteiger partial charge is 0.394 e. The number of rotatable bonds is 2. The number of hydrogen-bond donors (Lipinski definition) is 3. The molecule has 1 aliphatic rings. The maximum Gasteiger partial charge on any atom is 0.282 e. The van der Waals surface area contributed by atoms with Gasteiger partial charge in [0.1, 0.15) is 12.2 Å². The van der Waals surface area contributed by atoms with Gasteiger partial charge in [0, 0.05) is 7.05 Å². The topological polar surface area (TPSA) is 128 Å². The van der Waals surface area contributed by atoms with Crippen LogP contribution in [0.3, 0.4) is 0 Å². The number of aliphatic hydroxyl groups is 2. The van der Waals surface area contributed by atoms with Gasteiger partial charge in [0.25, 0.3) is 5.56 Å². The lowest BCUT2D eigenvalue weighted by Gasteiger charge is -2.15. The van der Waals surface area contributed by atoms with Gasteiger partial charge < -0.3 is 20.7 Å². The molecular weight excluding hydrogens is 285 g/mol. The Balaban J connectivity index is 2.12. The Bertz CT molecular complexity index is 744. The first kappa shape index (κ1) is 13.9. The molecule has 0 unspecified atom stereocenters. The number of hydrogen-bond acceptors (Lipinski definition) is 7. The third-order valence-electron chi connectivity index (χ3n) is 3.59. The summed E-state index contributed by atoms with van der Waals surface area (Å²) >= 11 is 0. The highest BCUT2D eigenvalue weighted by Gasteiger charge is 2.45. The molecule has 3 rings (SSSR count). The first-order valence-corrected chi connectivity index (χ1v) is 6.23. The molecule has 0 aliphatic carbocycles. The van der Waals surface area contributed by atoms with Gasteiger partial charge in [-0.1, -0.05) is 0 Å². The van der Waals surface area contributed by atoms with Crippen LogP contribution in [0.15, 0.2) is 11.1 Å². The molecule has 9 nitrogen and oxygen atoms in total. The van der Waals surface area contributed by atoms with Crippen LogP contribution < -0.4 is 11.3 Å². The Labute approximate surface area is 117 Å². The van der Waals surface area contributed by atoms with Gasteiger partial charge in [0.05, 0.1) is 12.9 Å². The van der Waals surface area contributed by atoms with Crippen molar-refractivity contribution in [1.29, 1.82) is 0 Å². The zero-order chi connectivity index (χ0) is 15.3. The van der Waals surface area contributed by atoms with Crippen molar-refractivity contribution in [3.8, 4) is 0 Å². The maximum atomic E-state index is 14.1. The quantitative estimate of drug-likeness (QED) is 0.603. The normalized spacial score (nSPS) is 29.3. The summed E-state index contributed by atoms with van der Waals surface area (Å²) < 4.78 is 21.7. The minimum absolute atomic E-state index is 0.0180. The highest BCUT2D eigenvalue weighted by Crippen LogP contribution is 2.33. The second kappa shape index (κ2) is 4.76. The molecule has 2 aromatic rings. The van der Waals surface area contributed by atoms with Crippen LogP contribution >= 0.6 is 0 Å². The van der Waals surface area contributed by atoms with Crippen molar-refractivity contribution >= 4 is 17.1 Å². The molecular formula is C11H14FN5O4. The minimum Gasteiger partial charge on any atom is -0.394 e. The molecule has 0 aromatic carbocycles. The molecule has 1 saturated heterocycles. The molecule has 4 N–H and O–H groups in total. The molecule has 0 spiro atoms. The average molecular weight is 299 g/mol.